The van der Waals surface area contributed by atoms with E-state index < -0.39 is 0 Å². The molecule has 2 saturated heterocycles. The molecule has 24 heavy (non-hydrogen) atoms. The van der Waals surface area contributed by atoms with E-state index in [0.29, 0.717) is 6.04 Å². The van der Waals surface area contributed by atoms with E-state index in [1.165, 1.54) is 32.4 Å². The van der Waals surface area contributed by atoms with Gasteiger partial charge in [0.05, 0.1) is 12.8 Å². The molecule has 4 rings (SSSR count). The van der Waals surface area contributed by atoms with Crippen LogP contribution in [0.4, 0.5) is 5.82 Å². The smallest absolute Gasteiger partial charge is 0.151 e. The average molecular weight is 324 g/mol. The van der Waals surface area contributed by atoms with Crippen molar-refractivity contribution in [1.82, 2.24) is 15.1 Å². The molecule has 1 unspecified atom stereocenters. The fraction of sp³-hybridized carbons (Fsp3) is 0.474. The van der Waals surface area contributed by atoms with Crippen LogP contribution in [0, 0.1) is 0 Å². The van der Waals surface area contributed by atoms with Crippen LogP contribution in [0.3, 0.4) is 0 Å². The lowest BCUT2D eigenvalue weighted by Crippen LogP contribution is -2.35. The zero-order valence-electron chi connectivity index (χ0n) is 14.2. The number of para-hydroxylation sites is 1. The average Bonchev–Trinajstić information content (AvgIpc) is 3.33. The predicted octanol–water partition coefficient (Wildman–Crippen LogP) is 2.83. The first-order valence-electron chi connectivity index (χ1n) is 8.81. The third kappa shape index (κ3) is 2.96. The van der Waals surface area contributed by atoms with Crippen molar-refractivity contribution in [2.45, 2.75) is 25.3 Å². The molecule has 0 N–H and O–H groups in total. The van der Waals surface area contributed by atoms with Crippen molar-refractivity contribution in [3.8, 4) is 17.0 Å². The predicted molar refractivity (Wildman–Crippen MR) is 95.4 cm³/mol. The van der Waals surface area contributed by atoms with Crippen molar-refractivity contribution >= 4 is 5.82 Å². The Morgan fingerprint density at radius 2 is 1.83 bits per heavy atom. The van der Waals surface area contributed by atoms with Crippen molar-refractivity contribution in [2.24, 2.45) is 0 Å². The maximum absolute atomic E-state index is 5.42. The van der Waals surface area contributed by atoms with Gasteiger partial charge in [0.25, 0.3) is 0 Å². The summed E-state index contributed by atoms with van der Waals surface area (Å²) in [5.41, 5.74) is 1.84. The van der Waals surface area contributed by atoms with Crippen molar-refractivity contribution in [2.75, 3.05) is 38.2 Å². The van der Waals surface area contributed by atoms with Gasteiger partial charge in [-0.15, -0.1) is 10.2 Å². The second kappa shape index (κ2) is 6.77. The van der Waals surface area contributed by atoms with Gasteiger partial charge >= 0.3 is 0 Å². The van der Waals surface area contributed by atoms with Gasteiger partial charge in [-0.1, -0.05) is 12.1 Å². The first-order valence-corrected chi connectivity index (χ1v) is 8.81. The molecule has 5 nitrogen and oxygen atoms in total. The Labute approximate surface area is 143 Å². The number of ether oxygens (including phenoxy) is 1. The number of nitrogens with zero attached hydrogens (tertiary/aromatic N) is 4. The second-order valence-corrected chi connectivity index (χ2v) is 6.61. The number of methoxy groups -OCH3 is 1. The van der Waals surface area contributed by atoms with E-state index >= 15 is 0 Å². The summed E-state index contributed by atoms with van der Waals surface area (Å²) in [6, 6.07) is 12.7. The Hall–Kier alpha value is -2.14. The molecule has 2 aromatic rings. The first-order chi connectivity index (χ1) is 11.8. The van der Waals surface area contributed by atoms with Crippen molar-refractivity contribution in [3.05, 3.63) is 36.4 Å². The minimum atomic E-state index is 0.684. The van der Waals surface area contributed by atoms with Crippen LogP contribution in [0.25, 0.3) is 11.3 Å². The third-order valence-electron chi connectivity index (χ3n) is 5.18. The number of hydrogen-bond acceptors (Lipinski definition) is 5. The topological polar surface area (TPSA) is 41.5 Å². The van der Waals surface area contributed by atoms with Gasteiger partial charge in [0.15, 0.2) is 5.82 Å². The highest BCUT2D eigenvalue weighted by Gasteiger charge is 2.29. The Morgan fingerprint density at radius 3 is 2.58 bits per heavy atom. The minimum Gasteiger partial charge on any atom is -0.496 e. The summed E-state index contributed by atoms with van der Waals surface area (Å²) in [7, 11) is 1.68. The number of anilines is 1. The molecule has 1 aromatic carbocycles. The molecule has 0 aliphatic carbocycles. The lowest BCUT2D eigenvalue weighted by atomic mass is 10.1. The molecular weight excluding hydrogens is 300 g/mol. The van der Waals surface area contributed by atoms with Crippen LogP contribution in [0.5, 0.6) is 5.75 Å². The maximum Gasteiger partial charge on any atom is 0.151 e. The SMILES string of the molecule is COc1ccccc1-c1ccc(N2CCC(N3CCCC3)C2)nn1. The number of hydrogen-bond donors (Lipinski definition) is 0. The van der Waals surface area contributed by atoms with Crippen LogP contribution in [-0.2, 0) is 0 Å². The number of likely N-dealkylation sites (tertiary alicyclic amines) is 1. The maximum atomic E-state index is 5.42. The Morgan fingerprint density at radius 1 is 1.00 bits per heavy atom. The molecule has 3 heterocycles. The summed E-state index contributed by atoms with van der Waals surface area (Å²) in [6.07, 6.45) is 3.93. The Bertz CT molecular complexity index is 682. The van der Waals surface area contributed by atoms with Crippen molar-refractivity contribution < 1.29 is 4.74 Å². The highest BCUT2D eigenvalue weighted by molar-refractivity contribution is 5.67. The van der Waals surface area contributed by atoms with E-state index in [-0.39, 0.29) is 0 Å². The summed E-state index contributed by atoms with van der Waals surface area (Å²) in [6.45, 7) is 4.67. The largest absolute Gasteiger partial charge is 0.496 e. The van der Waals surface area contributed by atoms with E-state index in [9.17, 15) is 0 Å². The van der Waals surface area contributed by atoms with Crippen LogP contribution in [0.1, 0.15) is 19.3 Å². The number of rotatable bonds is 4. The lowest BCUT2D eigenvalue weighted by Gasteiger charge is -2.23. The fourth-order valence-corrected chi connectivity index (χ4v) is 3.85. The van der Waals surface area contributed by atoms with Crippen LogP contribution < -0.4 is 9.64 Å². The monoisotopic (exact) mass is 324 g/mol. The standard InChI is InChI=1S/C19H24N4O/c1-24-18-7-3-2-6-16(18)17-8-9-19(21-20-17)23-13-10-15(14-23)22-11-4-5-12-22/h2-3,6-9,15H,4-5,10-14H2,1H3. The zero-order chi connectivity index (χ0) is 16.4. The first kappa shape index (κ1) is 15.4. The van der Waals surface area contributed by atoms with Gasteiger partial charge in [0, 0.05) is 24.7 Å². The van der Waals surface area contributed by atoms with Crippen LogP contribution in [-0.4, -0.2) is 54.4 Å². The van der Waals surface area contributed by atoms with E-state index in [0.717, 1.165) is 35.9 Å². The molecular formula is C19H24N4O. The summed E-state index contributed by atoms with van der Waals surface area (Å²) in [4.78, 5) is 5.00. The molecule has 0 spiro atoms. The minimum absolute atomic E-state index is 0.684. The van der Waals surface area contributed by atoms with Crippen LogP contribution >= 0.6 is 0 Å². The molecule has 0 bridgehead atoms. The van der Waals surface area contributed by atoms with Gasteiger partial charge in [0.1, 0.15) is 5.75 Å². The van der Waals surface area contributed by atoms with Gasteiger partial charge in [-0.25, -0.2) is 0 Å². The van der Waals surface area contributed by atoms with Gasteiger partial charge in [-0.3, -0.25) is 4.90 Å². The van der Waals surface area contributed by atoms with E-state index in [1.54, 1.807) is 7.11 Å². The number of aromatic nitrogens is 2. The normalized spacial score (nSPS) is 21.4. The second-order valence-electron chi connectivity index (χ2n) is 6.61. The van der Waals surface area contributed by atoms with Crippen LogP contribution in [0.2, 0.25) is 0 Å². The molecule has 126 valence electrons. The van der Waals surface area contributed by atoms with E-state index in [4.69, 9.17) is 4.74 Å². The summed E-state index contributed by atoms with van der Waals surface area (Å²) in [5.74, 6) is 1.81. The molecule has 2 aliphatic rings. The van der Waals surface area contributed by atoms with Gasteiger partial charge in [-0.05, 0) is 56.6 Å². The lowest BCUT2D eigenvalue weighted by molar-refractivity contribution is 0.260. The summed E-state index contributed by atoms with van der Waals surface area (Å²) < 4.78 is 5.42. The molecule has 1 atom stereocenters. The molecule has 5 heteroatoms. The van der Waals surface area contributed by atoms with Crippen molar-refractivity contribution in [3.63, 3.8) is 0 Å². The van der Waals surface area contributed by atoms with E-state index in [1.807, 2.05) is 30.3 Å². The summed E-state index contributed by atoms with van der Waals surface area (Å²) in [5, 5.41) is 8.91. The zero-order valence-corrected chi connectivity index (χ0v) is 14.2. The summed E-state index contributed by atoms with van der Waals surface area (Å²) >= 11 is 0. The van der Waals surface area contributed by atoms with Gasteiger partial charge < -0.3 is 9.64 Å². The van der Waals surface area contributed by atoms with E-state index in [2.05, 4.69) is 26.1 Å². The highest BCUT2D eigenvalue weighted by atomic mass is 16.5. The molecule has 0 saturated carbocycles. The Kier molecular flexibility index (Phi) is 4.34. The molecule has 1 aromatic heterocycles. The quantitative estimate of drug-likeness (QED) is 0.865. The molecule has 0 radical (unpaired) electrons. The fourth-order valence-electron chi connectivity index (χ4n) is 3.85. The van der Waals surface area contributed by atoms with Gasteiger partial charge in [0.2, 0.25) is 0 Å². The third-order valence-corrected chi connectivity index (χ3v) is 5.18. The molecule has 0 amide bonds. The Balaban J connectivity index is 1.48. The highest BCUT2D eigenvalue weighted by Crippen LogP contribution is 2.29. The molecule has 2 aliphatic heterocycles. The van der Waals surface area contributed by atoms with Crippen LogP contribution in [0.15, 0.2) is 36.4 Å². The number of benzene rings is 1. The van der Waals surface area contributed by atoms with Crippen molar-refractivity contribution in [1.29, 1.82) is 0 Å². The molecule has 2 fully saturated rings. The van der Waals surface area contributed by atoms with Gasteiger partial charge in [-0.2, -0.15) is 0 Å².